The van der Waals surface area contributed by atoms with Crippen LogP contribution in [0.25, 0.3) is 0 Å². The van der Waals surface area contributed by atoms with Crippen LogP contribution in [0.2, 0.25) is 0 Å². The lowest BCUT2D eigenvalue weighted by molar-refractivity contribution is 0.222. The Morgan fingerprint density at radius 3 is 1.77 bits per heavy atom. The van der Waals surface area contributed by atoms with Crippen molar-refractivity contribution in [1.29, 1.82) is 0 Å². The molecular formula is C27H45N3. The van der Waals surface area contributed by atoms with Crippen LogP contribution in [0.1, 0.15) is 122 Å². The molecule has 0 aromatic rings. The van der Waals surface area contributed by atoms with Gasteiger partial charge in [0.15, 0.2) is 0 Å². The Labute approximate surface area is 185 Å². The number of rotatable bonds is 0. The zero-order chi connectivity index (χ0) is 20.6. The summed E-state index contributed by atoms with van der Waals surface area (Å²) in [6.45, 7) is 2.23. The second-order valence-electron chi connectivity index (χ2n) is 11.1. The number of aliphatic imine (C=N–C) groups is 3. The maximum absolute atomic E-state index is 4.60. The van der Waals surface area contributed by atoms with E-state index in [9.17, 15) is 0 Å². The maximum Gasteiger partial charge on any atom is 0.0607 e. The SMILES string of the molecule is C1=NC2(CC1)CCCCC2.C1=NCC2(C1)CCCCC2.C1=NCCC12CCCCC2. The van der Waals surface area contributed by atoms with Crippen LogP contribution >= 0.6 is 0 Å². The number of hydrogen-bond donors (Lipinski definition) is 0. The van der Waals surface area contributed by atoms with Gasteiger partial charge in [0, 0.05) is 24.7 Å². The molecule has 3 heteroatoms. The predicted octanol–water partition coefficient (Wildman–Crippen LogP) is 7.38. The first-order valence-electron chi connectivity index (χ1n) is 13.3. The van der Waals surface area contributed by atoms with Crippen molar-refractivity contribution in [2.24, 2.45) is 25.8 Å². The second kappa shape index (κ2) is 10.6. The maximum atomic E-state index is 4.60. The van der Waals surface area contributed by atoms with Crippen molar-refractivity contribution in [3.63, 3.8) is 0 Å². The zero-order valence-electron chi connectivity index (χ0n) is 19.4. The van der Waals surface area contributed by atoms with Crippen molar-refractivity contribution in [2.45, 2.75) is 128 Å². The summed E-state index contributed by atoms with van der Waals surface area (Å²) in [7, 11) is 0. The molecule has 0 N–H and O–H groups in total. The highest BCUT2D eigenvalue weighted by Gasteiger charge is 2.34. The fraction of sp³-hybridized carbons (Fsp3) is 0.889. The number of hydrogen-bond acceptors (Lipinski definition) is 3. The Balaban J connectivity index is 0.000000109. The molecule has 3 saturated carbocycles. The van der Waals surface area contributed by atoms with Gasteiger partial charge in [0.2, 0.25) is 0 Å². The summed E-state index contributed by atoms with van der Waals surface area (Å²) in [5, 5.41) is 0. The Bertz CT molecular complexity index is 554. The van der Waals surface area contributed by atoms with E-state index in [0.29, 0.717) is 16.4 Å². The first-order chi connectivity index (χ1) is 14.7. The molecule has 3 aliphatic carbocycles. The van der Waals surface area contributed by atoms with Gasteiger partial charge in [-0.2, -0.15) is 0 Å². The summed E-state index contributed by atoms with van der Waals surface area (Å²) in [5.74, 6) is 0. The van der Waals surface area contributed by atoms with Crippen LogP contribution in [0, 0.1) is 10.8 Å². The van der Waals surface area contributed by atoms with Crippen LogP contribution in [0.15, 0.2) is 15.0 Å². The summed E-state index contributed by atoms with van der Waals surface area (Å²) >= 11 is 0. The molecule has 0 aromatic heterocycles. The molecule has 6 aliphatic rings. The van der Waals surface area contributed by atoms with Crippen molar-refractivity contribution in [2.75, 3.05) is 13.1 Å². The lowest BCUT2D eigenvalue weighted by Crippen LogP contribution is -2.26. The summed E-state index contributed by atoms with van der Waals surface area (Å²) < 4.78 is 0. The molecular weight excluding hydrogens is 366 g/mol. The third kappa shape index (κ3) is 5.82. The summed E-state index contributed by atoms with van der Waals surface area (Å²) in [6, 6.07) is 0. The quantitative estimate of drug-likeness (QED) is 0.399. The summed E-state index contributed by atoms with van der Waals surface area (Å²) in [5.41, 5.74) is 1.68. The molecule has 30 heavy (non-hydrogen) atoms. The molecule has 168 valence electrons. The van der Waals surface area contributed by atoms with Crippen LogP contribution in [0.5, 0.6) is 0 Å². The van der Waals surface area contributed by atoms with Gasteiger partial charge in [0.1, 0.15) is 0 Å². The lowest BCUT2D eigenvalue weighted by atomic mass is 9.73. The molecule has 6 rings (SSSR count). The Kier molecular flexibility index (Phi) is 7.81. The average molecular weight is 412 g/mol. The Hall–Kier alpha value is -0.990. The van der Waals surface area contributed by atoms with Crippen LogP contribution < -0.4 is 0 Å². The molecule has 0 radical (unpaired) electrons. The Morgan fingerprint density at radius 2 is 1.23 bits per heavy atom. The van der Waals surface area contributed by atoms with E-state index in [-0.39, 0.29) is 0 Å². The van der Waals surface area contributed by atoms with Gasteiger partial charge >= 0.3 is 0 Å². The van der Waals surface area contributed by atoms with Crippen LogP contribution in [0.4, 0.5) is 0 Å². The van der Waals surface area contributed by atoms with Crippen molar-refractivity contribution in [3.05, 3.63) is 0 Å². The van der Waals surface area contributed by atoms with Gasteiger partial charge in [-0.05, 0) is 82.1 Å². The van der Waals surface area contributed by atoms with Crippen LogP contribution in [-0.2, 0) is 0 Å². The van der Waals surface area contributed by atoms with Gasteiger partial charge in [0.05, 0.1) is 5.54 Å². The highest BCUT2D eigenvalue weighted by atomic mass is 14.9. The van der Waals surface area contributed by atoms with E-state index >= 15 is 0 Å². The van der Waals surface area contributed by atoms with E-state index in [1.54, 1.807) is 0 Å². The molecule has 3 spiro atoms. The monoisotopic (exact) mass is 411 g/mol. The predicted molar refractivity (Wildman–Crippen MR) is 131 cm³/mol. The van der Waals surface area contributed by atoms with Gasteiger partial charge in [0.25, 0.3) is 0 Å². The highest BCUT2D eigenvalue weighted by Crippen LogP contribution is 2.41. The summed E-state index contributed by atoms with van der Waals surface area (Å²) in [4.78, 5) is 13.3. The molecule has 0 unspecified atom stereocenters. The van der Waals surface area contributed by atoms with Gasteiger partial charge in [-0.1, -0.05) is 57.8 Å². The van der Waals surface area contributed by atoms with E-state index in [1.165, 1.54) is 122 Å². The van der Waals surface area contributed by atoms with Crippen LogP contribution in [-0.4, -0.2) is 37.3 Å². The van der Waals surface area contributed by atoms with E-state index < -0.39 is 0 Å². The standard InChI is InChI=1S/3C9H15N/c1-2-5-9(6-3-1)7-4-8-10-9;2*1-2-4-9(5-3-1)6-7-10-8-9/h2*8H,1-7H2;7H,1-6,8H2. The van der Waals surface area contributed by atoms with Gasteiger partial charge in [-0.15, -0.1) is 0 Å². The second-order valence-corrected chi connectivity index (χ2v) is 11.1. The molecule has 0 bridgehead atoms. The minimum atomic E-state index is 0.443. The largest absolute Gasteiger partial charge is 0.297 e. The topological polar surface area (TPSA) is 37.1 Å². The van der Waals surface area contributed by atoms with Crippen molar-refractivity contribution >= 4 is 18.6 Å². The minimum absolute atomic E-state index is 0.443. The first-order valence-corrected chi connectivity index (χ1v) is 13.3. The third-order valence-electron chi connectivity index (χ3n) is 8.84. The van der Waals surface area contributed by atoms with Gasteiger partial charge in [-0.3, -0.25) is 15.0 Å². The smallest absolute Gasteiger partial charge is 0.0607 e. The molecule has 3 aliphatic heterocycles. The molecule has 0 aromatic carbocycles. The molecule has 0 saturated heterocycles. The van der Waals surface area contributed by atoms with Crippen LogP contribution in [0.3, 0.4) is 0 Å². The first kappa shape index (κ1) is 22.2. The Morgan fingerprint density at radius 1 is 0.567 bits per heavy atom. The fourth-order valence-electron chi connectivity index (χ4n) is 6.73. The summed E-state index contributed by atoms with van der Waals surface area (Å²) in [6.07, 6.45) is 33.1. The van der Waals surface area contributed by atoms with E-state index in [2.05, 4.69) is 33.6 Å². The number of nitrogens with zero attached hydrogens (tertiary/aromatic N) is 3. The zero-order valence-corrected chi connectivity index (χ0v) is 19.4. The van der Waals surface area contributed by atoms with Crippen molar-refractivity contribution in [1.82, 2.24) is 0 Å². The minimum Gasteiger partial charge on any atom is -0.297 e. The molecule has 0 atom stereocenters. The van der Waals surface area contributed by atoms with E-state index in [1.807, 2.05) is 0 Å². The lowest BCUT2D eigenvalue weighted by Gasteiger charge is -2.31. The van der Waals surface area contributed by atoms with Gasteiger partial charge < -0.3 is 0 Å². The molecule has 3 heterocycles. The fourth-order valence-corrected chi connectivity index (χ4v) is 6.73. The highest BCUT2D eigenvalue weighted by molar-refractivity contribution is 5.68. The van der Waals surface area contributed by atoms with Crippen molar-refractivity contribution < 1.29 is 0 Å². The normalized spacial score (nSPS) is 29.6. The molecule has 0 amide bonds. The van der Waals surface area contributed by atoms with Gasteiger partial charge in [-0.25, -0.2) is 0 Å². The van der Waals surface area contributed by atoms with E-state index in [4.69, 9.17) is 0 Å². The molecule has 3 nitrogen and oxygen atoms in total. The van der Waals surface area contributed by atoms with Crippen molar-refractivity contribution in [3.8, 4) is 0 Å². The third-order valence-corrected chi connectivity index (χ3v) is 8.84. The molecule has 3 fully saturated rings. The average Bonchev–Trinajstić information content (AvgIpc) is 3.55. The van der Waals surface area contributed by atoms with E-state index in [0.717, 1.165) is 13.1 Å².